The van der Waals surface area contributed by atoms with E-state index < -0.39 is 0 Å². The monoisotopic (exact) mass is 373 g/mol. The second-order valence-corrected chi connectivity index (χ2v) is 7.33. The van der Waals surface area contributed by atoms with Crippen LogP contribution in [0.3, 0.4) is 0 Å². The highest BCUT2D eigenvalue weighted by atomic mass is 16.5. The molecule has 1 aliphatic heterocycles. The lowest BCUT2D eigenvalue weighted by Crippen LogP contribution is -2.08. The minimum atomic E-state index is 0.592. The van der Waals surface area contributed by atoms with Crippen LogP contribution in [0, 0.1) is 18.3 Å². The molecule has 5 rings (SSSR count). The Morgan fingerprint density at radius 3 is 2.07 bits per heavy atom. The lowest BCUT2D eigenvalue weighted by atomic mass is 9.85. The highest BCUT2D eigenvalue weighted by molar-refractivity contribution is 6.10. The molecule has 0 bridgehead atoms. The maximum Gasteiger partial charge on any atom is 0.154 e. The van der Waals surface area contributed by atoms with Crippen molar-refractivity contribution < 1.29 is 4.74 Å². The molecule has 2 heteroatoms. The van der Waals surface area contributed by atoms with Crippen molar-refractivity contribution in [1.29, 1.82) is 5.26 Å². The summed E-state index contributed by atoms with van der Waals surface area (Å²) in [6, 6.07) is 29.0. The van der Waals surface area contributed by atoms with Gasteiger partial charge in [-0.2, -0.15) is 5.26 Å². The van der Waals surface area contributed by atoms with Gasteiger partial charge in [0.05, 0.1) is 0 Å². The summed E-state index contributed by atoms with van der Waals surface area (Å²) in [5.74, 6) is 1.47. The average Bonchev–Trinajstić information content (AvgIpc) is 2.78. The van der Waals surface area contributed by atoms with Crippen molar-refractivity contribution in [2.24, 2.45) is 0 Å². The Hall–Kier alpha value is -3.83. The van der Waals surface area contributed by atoms with Crippen LogP contribution in [-0.4, -0.2) is 0 Å². The van der Waals surface area contributed by atoms with Crippen molar-refractivity contribution in [1.82, 2.24) is 0 Å². The molecule has 0 aliphatic carbocycles. The SMILES string of the molecule is CC1=C(c2ccccc2)Oc2c(C#N)c(-c3ccccc3)c(C)c3cccc1c23. The highest BCUT2D eigenvalue weighted by Crippen LogP contribution is 2.48. The van der Waals surface area contributed by atoms with Gasteiger partial charge in [-0.05, 0) is 35.9 Å². The van der Waals surface area contributed by atoms with Crippen LogP contribution < -0.4 is 4.74 Å². The Balaban J connectivity index is 1.89. The summed E-state index contributed by atoms with van der Waals surface area (Å²) in [4.78, 5) is 0. The van der Waals surface area contributed by atoms with Crippen molar-refractivity contribution in [2.75, 3.05) is 0 Å². The van der Waals surface area contributed by atoms with Crippen LogP contribution in [0.2, 0.25) is 0 Å². The molecule has 0 saturated carbocycles. The molecule has 1 aliphatic rings. The smallest absolute Gasteiger partial charge is 0.154 e. The second kappa shape index (κ2) is 6.65. The van der Waals surface area contributed by atoms with Gasteiger partial charge in [-0.15, -0.1) is 0 Å². The fraction of sp³-hybridized carbons (Fsp3) is 0.0741. The molecule has 4 aromatic rings. The van der Waals surface area contributed by atoms with Gasteiger partial charge in [0.25, 0.3) is 0 Å². The van der Waals surface area contributed by atoms with Crippen LogP contribution in [0.1, 0.15) is 29.2 Å². The predicted molar refractivity (Wildman–Crippen MR) is 118 cm³/mol. The Bertz CT molecular complexity index is 1330. The largest absolute Gasteiger partial charge is 0.454 e. The predicted octanol–water partition coefficient (Wildman–Crippen LogP) is 6.97. The van der Waals surface area contributed by atoms with Gasteiger partial charge in [-0.25, -0.2) is 0 Å². The summed E-state index contributed by atoms with van der Waals surface area (Å²) < 4.78 is 6.50. The summed E-state index contributed by atoms with van der Waals surface area (Å²) in [7, 11) is 0. The van der Waals surface area contributed by atoms with Gasteiger partial charge in [0.2, 0.25) is 0 Å². The van der Waals surface area contributed by atoms with Crippen molar-refractivity contribution in [2.45, 2.75) is 13.8 Å². The number of ether oxygens (including phenoxy) is 1. The lowest BCUT2D eigenvalue weighted by molar-refractivity contribution is 0.517. The van der Waals surface area contributed by atoms with E-state index in [1.165, 1.54) is 0 Å². The van der Waals surface area contributed by atoms with E-state index in [1.807, 2.05) is 60.7 Å². The van der Waals surface area contributed by atoms with Gasteiger partial charge < -0.3 is 4.74 Å². The quantitative estimate of drug-likeness (QED) is 0.380. The molecule has 0 saturated heterocycles. The Morgan fingerprint density at radius 2 is 1.41 bits per heavy atom. The molecule has 0 N–H and O–H groups in total. The van der Waals surface area contributed by atoms with Crippen molar-refractivity contribution in [3.63, 3.8) is 0 Å². The number of benzene rings is 4. The Labute approximate surface area is 170 Å². The van der Waals surface area contributed by atoms with E-state index in [0.717, 1.165) is 49.9 Å². The van der Waals surface area contributed by atoms with E-state index in [0.29, 0.717) is 11.3 Å². The molecule has 0 amide bonds. The summed E-state index contributed by atoms with van der Waals surface area (Å²) in [5, 5.41) is 12.3. The molecule has 0 radical (unpaired) electrons. The summed E-state index contributed by atoms with van der Waals surface area (Å²) in [5.41, 5.74) is 6.90. The average molecular weight is 373 g/mol. The molecule has 0 unspecified atom stereocenters. The standard InChI is InChI=1S/C27H19NO/c1-17-21-14-9-15-22-18(2)26(20-12-7-4-8-13-20)29-27(25(21)22)23(16-28)24(17)19-10-5-3-6-11-19/h3-15H,1-2H3. The second-order valence-electron chi connectivity index (χ2n) is 7.33. The number of allylic oxidation sites excluding steroid dienone is 1. The summed E-state index contributed by atoms with van der Waals surface area (Å²) >= 11 is 0. The molecule has 0 fully saturated rings. The molecular weight excluding hydrogens is 354 g/mol. The van der Waals surface area contributed by atoms with Gasteiger partial charge in [0.15, 0.2) is 5.75 Å². The molecule has 1 heterocycles. The van der Waals surface area contributed by atoms with E-state index in [4.69, 9.17) is 4.74 Å². The highest BCUT2D eigenvalue weighted by Gasteiger charge is 2.27. The van der Waals surface area contributed by atoms with Crippen molar-refractivity contribution >= 4 is 22.1 Å². The van der Waals surface area contributed by atoms with Crippen LogP contribution in [0.25, 0.3) is 33.2 Å². The zero-order valence-corrected chi connectivity index (χ0v) is 16.4. The Kier molecular flexibility index (Phi) is 3.96. The third kappa shape index (κ3) is 2.56. The minimum Gasteiger partial charge on any atom is -0.454 e. The van der Waals surface area contributed by atoms with Gasteiger partial charge >= 0.3 is 0 Å². The van der Waals surface area contributed by atoms with Gasteiger partial charge in [-0.1, -0.05) is 78.9 Å². The number of rotatable bonds is 2. The maximum absolute atomic E-state index is 10.2. The van der Waals surface area contributed by atoms with Crippen LogP contribution in [-0.2, 0) is 0 Å². The van der Waals surface area contributed by atoms with Crippen LogP contribution >= 0.6 is 0 Å². The van der Waals surface area contributed by atoms with Crippen molar-refractivity contribution in [3.05, 3.63) is 101 Å². The van der Waals surface area contributed by atoms with Gasteiger partial charge in [0.1, 0.15) is 17.4 Å². The van der Waals surface area contributed by atoms with Crippen molar-refractivity contribution in [3.8, 4) is 22.9 Å². The van der Waals surface area contributed by atoms with E-state index >= 15 is 0 Å². The fourth-order valence-electron chi connectivity index (χ4n) is 4.32. The van der Waals surface area contributed by atoms with Crippen LogP contribution in [0.15, 0.2) is 78.9 Å². The van der Waals surface area contributed by atoms with Gasteiger partial charge in [-0.3, -0.25) is 0 Å². The summed E-state index contributed by atoms with van der Waals surface area (Å²) in [6.45, 7) is 4.18. The third-order valence-corrected chi connectivity index (χ3v) is 5.71. The number of nitrogens with zero attached hydrogens (tertiary/aromatic N) is 1. The van der Waals surface area contributed by atoms with E-state index in [2.05, 4.69) is 38.1 Å². The number of aryl methyl sites for hydroxylation is 1. The number of hydrogen-bond donors (Lipinski definition) is 0. The molecule has 4 aromatic carbocycles. The third-order valence-electron chi connectivity index (χ3n) is 5.71. The van der Waals surface area contributed by atoms with E-state index in [1.54, 1.807) is 0 Å². The molecule has 138 valence electrons. The zero-order chi connectivity index (χ0) is 20.0. The normalized spacial score (nSPS) is 12.6. The molecule has 0 atom stereocenters. The first-order chi connectivity index (χ1) is 14.2. The minimum absolute atomic E-state index is 0.592. The molecular formula is C27H19NO. The topological polar surface area (TPSA) is 33.0 Å². The first-order valence-corrected chi connectivity index (χ1v) is 9.70. The number of hydrogen-bond acceptors (Lipinski definition) is 2. The molecule has 0 aromatic heterocycles. The first kappa shape index (κ1) is 17.3. The van der Waals surface area contributed by atoms with E-state index in [-0.39, 0.29) is 0 Å². The zero-order valence-electron chi connectivity index (χ0n) is 16.4. The van der Waals surface area contributed by atoms with Crippen LogP contribution in [0.4, 0.5) is 0 Å². The maximum atomic E-state index is 10.2. The first-order valence-electron chi connectivity index (χ1n) is 9.70. The van der Waals surface area contributed by atoms with E-state index in [9.17, 15) is 5.26 Å². The summed E-state index contributed by atoms with van der Waals surface area (Å²) in [6.07, 6.45) is 0. The molecule has 0 spiro atoms. The molecule has 2 nitrogen and oxygen atoms in total. The number of nitriles is 1. The molecule has 29 heavy (non-hydrogen) atoms. The van der Waals surface area contributed by atoms with Crippen LogP contribution in [0.5, 0.6) is 5.75 Å². The Morgan fingerprint density at radius 1 is 0.759 bits per heavy atom. The fourth-order valence-corrected chi connectivity index (χ4v) is 4.32. The lowest BCUT2D eigenvalue weighted by Gasteiger charge is -2.26. The van der Waals surface area contributed by atoms with Gasteiger partial charge in [0, 0.05) is 22.1 Å².